The second-order valence-electron chi connectivity index (χ2n) is 3.92. The fraction of sp³-hybridized carbons (Fsp3) is 0.154. The maximum atomic E-state index is 6.20. The van der Waals surface area contributed by atoms with Crippen LogP contribution in [0.5, 0.6) is 5.75 Å². The van der Waals surface area contributed by atoms with Gasteiger partial charge in [0.15, 0.2) is 5.58 Å². The normalized spacial score (nSPS) is 11.1. The van der Waals surface area contributed by atoms with Gasteiger partial charge in [-0.3, -0.25) is 0 Å². The number of hydrogen-bond acceptors (Lipinski definition) is 4. The van der Waals surface area contributed by atoms with Crippen LogP contribution >= 0.6 is 22.9 Å². The van der Waals surface area contributed by atoms with Gasteiger partial charge < -0.3 is 9.26 Å². The van der Waals surface area contributed by atoms with Gasteiger partial charge in [0.05, 0.1) is 17.4 Å². The van der Waals surface area contributed by atoms with Crippen molar-refractivity contribution >= 4 is 33.9 Å². The Kier molecular flexibility index (Phi) is 2.76. The third-order valence-corrected chi connectivity index (χ3v) is 4.22. The molecular formula is C13H10ClNO2S. The lowest BCUT2D eigenvalue weighted by Crippen LogP contribution is -1.83. The Morgan fingerprint density at radius 3 is 2.83 bits per heavy atom. The highest BCUT2D eigenvalue weighted by Crippen LogP contribution is 2.39. The van der Waals surface area contributed by atoms with E-state index in [4.69, 9.17) is 20.9 Å². The highest BCUT2D eigenvalue weighted by Gasteiger charge is 2.17. The number of fused-ring (bicyclic) bond motifs is 1. The molecule has 3 aromatic rings. The van der Waals surface area contributed by atoms with Crippen LogP contribution in [0.1, 0.15) is 5.56 Å². The molecule has 1 aromatic carbocycles. The van der Waals surface area contributed by atoms with Gasteiger partial charge in [0, 0.05) is 0 Å². The first-order valence-electron chi connectivity index (χ1n) is 5.38. The summed E-state index contributed by atoms with van der Waals surface area (Å²) in [5, 5.41) is 7.54. The van der Waals surface area contributed by atoms with Gasteiger partial charge in [0.25, 0.3) is 0 Å². The number of aryl methyl sites for hydroxylation is 1. The topological polar surface area (TPSA) is 35.3 Å². The maximum absolute atomic E-state index is 6.20. The first kappa shape index (κ1) is 11.6. The highest BCUT2D eigenvalue weighted by atomic mass is 35.5. The molecule has 0 aliphatic carbocycles. The summed E-state index contributed by atoms with van der Waals surface area (Å²) in [7, 11) is 1.58. The largest absolute Gasteiger partial charge is 0.495 e. The molecule has 0 radical (unpaired) electrons. The van der Waals surface area contributed by atoms with Gasteiger partial charge in [-0.15, -0.1) is 11.3 Å². The Hall–Kier alpha value is -1.52. The number of nitrogens with zero attached hydrogens (tertiary/aromatic N) is 1. The van der Waals surface area contributed by atoms with E-state index in [0.29, 0.717) is 16.4 Å². The number of methoxy groups -OCH3 is 1. The average Bonchev–Trinajstić information content (AvgIpc) is 2.96. The van der Waals surface area contributed by atoms with Gasteiger partial charge in [-0.1, -0.05) is 16.8 Å². The number of ether oxygens (including phenoxy) is 1. The van der Waals surface area contributed by atoms with Crippen molar-refractivity contribution in [2.45, 2.75) is 6.92 Å². The van der Waals surface area contributed by atoms with Crippen LogP contribution in [0, 0.1) is 6.92 Å². The van der Waals surface area contributed by atoms with Gasteiger partial charge in [-0.05, 0) is 36.1 Å². The zero-order valence-corrected chi connectivity index (χ0v) is 11.4. The van der Waals surface area contributed by atoms with E-state index in [-0.39, 0.29) is 0 Å². The first-order chi connectivity index (χ1) is 8.72. The molecule has 0 spiro atoms. The van der Waals surface area contributed by atoms with Crippen molar-refractivity contribution in [1.29, 1.82) is 0 Å². The number of rotatable bonds is 2. The monoisotopic (exact) mass is 279 g/mol. The van der Waals surface area contributed by atoms with Crippen LogP contribution < -0.4 is 4.74 Å². The lowest BCUT2D eigenvalue weighted by atomic mass is 10.1. The molecule has 18 heavy (non-hydrogen) atoms. The third kappa shape index (κ3) is 1.61. The summed E-state index contributed by atoms with van der Waals surface area (Å²) >= 11 is 7.84. The minimum atomic E-state index is 0.461. The van der Waals surface area contributed by atoms with E-state index < -0.39 is 0 Å². The number of hydrogen-bond donors (Lipinski definition) is 0. The molecule has 0 fully saturated rings. The van der Waals surface area contributed by atoms with Gasteiger partial charge >= 0.3 is 0 Å². The minimum Gasteiger partial charge on any atom is -0.495 e. The van der Waals surface area contributed by atoms with Crippen molar-refractivity contribution in [1.82, 2.24) is 5.16 Å². The molecule has 3 nitrogen and oxygen atoms in total. The molecule has 0 bridgehead atoms. The van der Waals surface area contributed by atoms with Gasteiger partial charge in [-0.2, -0.15) is 0 Å². The summed E-state index contributed by atoms with van der Waals surface area (Å²) in [6.07, 6.45) is 0. The van der Waals surface area contributed by atoms with Crippen LogP contribution in [0.2, 0.25) is 5.02 Å². The Labute approximate surface area is 113 Å². The van der Waals surface area contributed by atoms with Gasteiger partial charge in [0.2, 0.25) is 0 Å². The zero-order chi connectivity index (χ0) is 12.7. The van der Waals surface area contributed by atoms with Crippen molar-refractivity contribution < 1.29 is 9.26 Å². The summed E-state index contributed by atoms with van der Waals surface area (Å²) in [6, 6.07) is 5.81. The SMILES string of the molecule is COc1ccc2c(-c3sccc3C)noc2c1Cl. The lowest BCUT2D eigenvalue weighted by Gasteiger charge is -2.01. The van der Waals surface area contributed by atoms with E-state index in [0.717, 1.165) is 16.0 Å². The van der Waals surface area contributed by atoms with Crippen LogP contribution in [-0.4, -0.2) is 12.3 Å². The molecule has 3 rings (SSSR count). The predicted octanol–water partition coefficient (Wildman–Crippen LogP) is 4.53. The molecule has 0 atom stereocenters. The molecule has 0 saturated carbocycles. The van der Waals surface area contributed by atoms with E-state index in [1.54, 1.807) is 18.4 Å². The molecule has 2 aromatic heterocycles. The van der Waals surface area contributed by atoms with E-state index in [9.17, 15) is 0 Å². The van der Waals surface area contributed by atoms with Gasteiger partial charge in [0.1, 0.15) is 16.5 Å². The Balaban J connectivity index is 2.28. The Morgan fingerprint density at radius 2 is 2.17 bits per heavy atom. The molecule has 0 unspecified atom stereocenters. The van der Waals surface area contributed by atoms with Crippen molar-refractivity contribution in [2.75, 3.05) is 7.11 Å². The van der Waals surface area contributed by atoms with Crippen LogP contribution in [0.4, 0.5) is 0 Å². The third-order valence-electron chi connectivity index (χ3n) is 2.84. The molecule has 0 saturated heterocycles. The van der Waals surface area contributed by atoms with Crippen LogP contribution in [0.3, 0.4) is 0 Å². The smallest absolute Gasteiger partial charge is 0.189 e. The maximum Gasteiger partial charge on any atom is 0.189 e. The van der Waals surface area contributed by atoms with Crippen molar-refractivity contribution in [3.63, 3.8) is 0 Å². The molecule has 92 valence electrons. The van der Waals surface area contributed by atoms with E-state index in [1.165, 1.54) is 5.56 Å². The van der Waals surface area contributed by atoms with E-state index in [1.807, 2.05) is 17.5 Å². The molecule has 0 aliphatic rings. The van der Waals surface area contributed by atoms with Crippen molar-refractivity contribution in [3.05, 3.63) is 34.2 Å². The molecule has 0 N–H and O–H groups in total. The highest BCUT2D eigenvalue weighted by molar-refractivity contribution is 7.13. The Bertz CT molecular complexity index is 717. The molecule has 0 amide bonds. The predicted molar refractivity (Wildman–Crippen MR) is 73.6 cm³/mol. The minimum absolute atomic E-state index is 0.461. The summed E-state index contributed by atoms with van der Waals surface area (Å²) in [5.41, 5.74) is 2.59. The number of thiophene rings is 1. The summed E-state index contributed by atoms with van der Waals surface area (Å²) in [5.74, 6) is 0.592. The first-order valence-corrected chi connectivity index (χ1v) is 6.64. The second kappa shape index (κ2) is 4.30. The lowest BCUT2D eigenvalue weighted by molar-refractivity contribution is 0.412. The summed E-state index contributed by atoms with van der Waals surface area (Å²) in [6.45, 7) is 2.05. The standard InChI is InChI=1S/C13H10ClNO2S/c1-7-5-6-18-13(7)11-8-3-4-9(16-2)10(14)12(8)17-15-11/h3-6H,1-2H3. The molecular weight excluding hydrogens is 270 g/mol. The number of aromatic nitrogens is 1. The molecule has 2 heterocycles. The zero-order valence-electron chi connectivity index (χ0n) is 9.86. The summed E-state index contributed by atoms with van der Waals surface area (Å²) < 4.78 is 10.5. The van der Waals surface area contributed by atoms with Gasteiger partial charge in [-0.25, -0.2) is 0 Å². The fourth-order valence-corrected chi connectivity index (χ4v) is 3.09. The summed E-state index contributed by atoms with van der Waals surface area (Å²) in [4.78, 5) is 1.11. The quantitative estimate of drug-likeness (QED) is 0.691. The van der Waals surface area contributed by atoms with E-state index in [2.05, 4.69) is 18.1 Å². The van der Waals surface area contributed by atoms with Crippen molar-refractivity contribution in [3.8, 4) is 16.3 Å². The fourth-order valence-electron chi connectivity index (χ4n) is 1.89. The molecule has 0 aliphatic heterocycles. The van der Waals surface area contributed by atoms with Crippen molar-refractivity contribution in [2.24, 2.45) is 0 Å². The van der Waals surface area contributed by atoms with E-state index >= 15 is 0 Å². The number of halogens is 1. The van der Waals surface area contributed by atoms with Crippen LogP contribution in [0.25, 0.3) is 21.5 Å². The molecule has 5 heteroatoms. The second-order valence-corrected chi connectivity index (χ2v) is 5.22. The van der Waals surface area contributed by atoms with Crippen LogP contribution in [0.15, 0.2) is 28.1 Å². The number of benzene rings is 1. The van der Waals surface area contributed by atoms with Crippen LogP contribution in [-0.2, 0) is 0 Å². The Morgan fingerprint density at radius 1 is 1.33 bits per heavy atom. The average molecular weight is 280 g/mol.